The Morgan fingerprint density at radius 3 is 2.52 bits per heavy atom. The zero-order valence-corrected chi connectivity index (χ0v) is 16.9. The highest BCUT2D eigenvalue weighted by atomic mass is 32.2. The van der Waals surface area contributed by atoms with Crippen molar-refractivity contribution < 1.29 is 8.42 Å². The smallest absolute Gasteiger partial charge is 0.243 e. The lowest BCUT2D eigenvalue weighted by Gasteiger charge is -2.32. The first-order valence-electron chi connectivity index (χ1n) is 9.80. The van der Waals surface area contributed by atoms with Gasteiger partial charge < -0.3 is 16.0 Å². The Kier molecular flexibility index (Phi) is 6.73. The lowest BCUT2D eigenvalue weighted by Crippen LogP contribution is -2.47. The van der Waals surface area contributed by atoms with E-state index in [1.54, 1.807) is 16.4 Å². The van der Waals surface area contributed by atoms with Crippen molar-refractivity contribution in [2.45, 2.75) is 49.6 Å². The average Bonchev–Trinajstić information content (AvgIpc) is 2.68. The Morgan fingerprint density at radius 2 is 1.81 bits per heavy atom. The summed E-state index contributed by atoms with van der Waals surface area (Å²) >= 11 is 0. The van der Waals surface area contributed by atoms with Crippen molar-refractivity contribution >= 4 is 16.0 Å². The minimum Gasteiger partial charge on any atom is -0.370 e. The molecule has 8 heteroatoms. The van der Waals surface area contributed by atoms with Gasteiger partial charge in [0.15, 0.2) is 5.96 Å². The molecule has 0 bridgehead atoms. The van der Waals surface area contributed by atoms with E-state index in [1.807, 2.05) is 19.2 Å². The summed E-state index contributed by atoms with van der Waals surface area (Å²) in [6.45, 7) is 2.79. The number of rotatable bonds is 5. The summed E-state index contributed by atoms with van der Waals surface area (Å²) in [5.41, 5.74) is 6.73. The van der Waals surface area contributed by atoms with Crippen molar-refractivity contribution in [1.29, 1.82) is 0 Å². The van der Waals surface area contributed by atoms with Crippen LogP contribution in [-0.2, 0) is 16.6 Å². The lowest BCUT2D eigenvalue weighted by atomic mass is 9.96. The molecule has 1 saturated carbocycles. The largest absolute Gasteiger partial charge is 0.370 e. The summed E-state index contributed by atoms with van der Waals surface area (Å²) in [5, 5.41) is 3.28. The molecular formula is C19H31N5O2S. The van der Waals surface area contributed by atoms with E-state index >= 15 is 0 Å². The second-order valence-electron chi connectivity index (χ2n) is 7.50. The zero-order valence-electron chi connectivity index (χ0n) is 16.1. The van der Waals surface area contributed by atoms with Gasteiger partial charge in [0.25, 0.3) is 0 Å². The number of nitrogens with one attached hydrogen (secondary N) is 1. The number of aliphatic imine (C=N–C) groups is 1. The molecule has 1 aromatic carbocycles. The molecule has 1 aliphatic heterocycles. The highest BCUT2D eigenvalue weighted by Crippen LogP contribution is 2.22. The van der Waals surface area contributed by atoms with E-state index in [4.69, 9.17) is 5.73 Å². The number of nitrogens with zero attached hydrogens (tertiary/aromatic N) is 3. The number of benzene rings is 1. The second-order valence-corrected chi connectivity index (χ2v) is 9.40. The van der Waals surface area contributed by atoms with Crippen LogP contribution in [0, 0.1) is 0 Å². The molecule has 0 unspecified atom stereocenters. The molecule has 3 rings (SSSR count). The average molecular weight is 394 g/mol. The first-order valence-corrected chi connectivity index (χ1v) is 11.2. The molecule has 0 amide bonds. The van der Waals surface area contributed by atoms with Crippen molar-refractivity contribution in [3.05, 3.63) is 29.8 Å². The molecule has 1 aromatic rings. The summed E-state index contributed by atoms with van der Waals surface area (Å²) in [6, 6.07) is 7.48. The van der Waals surface area contributed by atoms with E-state index in [-0.39, 0.29) is 6.54 Å². The molecule has 0 spiro atoms. The van der Waals surface area contributed by atoms with Gasteiger partial charge in [0.1, 0.15) is 0 Å². The molecule has 150 valence electrons. The first kappa shape index (κ1) is 20.1. The third-order valence-electron chi connectivity index (χ3n) is 5.43. The number of hydrogen-bond acceptors (Lipinski definition) is 4. The summed E-state index contributed by atoms with van der Waals surface area (Å²) in [7, 11) is -1.51. The van der Waals surface area contributed by atoms with E-state index in [0.29, 0.717) is 35.5 Å². The zero-order chi connectivity index (χ0) is 19.3. The molecule has 27 heavy (non-hydrogen) atoms. The van der Waals surface area contributed by atoms with Gasteiger partial charge >= 0.3 is 0 Å². The van der Waals surface area contributed by atoms with Crippen LogP contribution in [-0.4, -0.2) is 62.9 Å². The molecule has 2 aliphatic rings. The predicted molar refractivity (Wildman–Crippen MR) is 108 cm³/mol. The number of guanidine groups is 1. The molecule has 1 saturated heterocycles. The van der Waals surface area contributed by atoms with Crippen molar-refractivity contribution in [2.75, 3.05) is 33.2 Å². The van der Waals surface area contributed by atoms with Crippen LogP contribution in [0.25, 0.3) is 0 Å². The Morgan fingerprint density at radius 1 is 1.15 bits per heavy atom. The second kappa shape index (κ2) is 9.03. The van der Waals surface area contributed by atoms with E-state index < -0.39 is 10.0 Å². The van der Waals surface area contributed by atoms with Crippen molar-refractivity contribution in [3.8, 4) is 0 Å². The third kappa shape index (κ3) is 5.21. The summed E-state index contributed by atoms with van der Waals surface area (Å²) in [6.07, 6.45) is 5.95. The predicted octanol–water partition coefficient (Wildman–Crippen LogP) is 1.36. The maximum absolute atomic E-state index is 13.1. The van der Waals surface area contributed by atoms with Crippen LogP contribution in [0.2, 0.25) is 0 Å². The molecule has 0 radical (unpaired) electrons. The molecule has 3 N–H and O–H groups in total. The van der Waals surface area contributed by atoms with Gasteiger partial charge in [-0.15, -0.1) is 0 Å². The van der Waals surface area contributed by atoms with Crippen molar-refractivity contribution in [3.63, 3.8) is 0 Å². The standard InChI is InChI=1S/C19H31N5O2S/c1-23-11-13-24(14-12-23)27(25,26)18-10-6-5-7-16(18)15-21-19(20)22-17-8-3-2-4-9-17/h5-7,10,17H,2-4,8-9,11-15H2,1H3,(H3,20,21,22). The number of sulfonamides is 1. The first-order chi connectivity index (χ1) is 13.0. The van der Waals surface area contributed by atoms with E-state index in [2.05, 4.69) is 15.2 Å². The van der Waals surface area contributed by atoms with Gasteiger partial charge in [-0.25, -0.2) is 13.4 Å². The maximum atomic E-state index is 13.1. The SMILES string of the molecule is CN1CCN(S(=O)(=O)c2ccccc2CN=C(N)NC2CCCCC2)CC1. The number of piperazine rings is 1. The van der Waals surface area contributed by atoms with E-state index in [0.717, 1.165) is 25.9 Å². The van der Waals surface area contributed by atoms with Gasteiger partial charge in [-0.2, -0.15) is 4.31 Å². The van der Waals surface area contributed by atoms with Gasteiger partial charge in [0.2, 0.25) is 10.0 Å². The van der Waals surface area contributed by atoms with Crippen LogP contribution in [0.15, 0.2) is 34.2 Å². The fourth-order valence-electron chi connectivity index (χ4n) is 3.73. The van der Waals surface area contributed by atoms with Crippen LogP contribution < -0.4 is 11.1 Å². The highest BCUT2D eigenvalue weighted by molar-refractivity contribution is 7.89. The van der Waals surface area contributed by atoms with Gasteiger partial charge in [-0.1, -0.05) is 37.5 Å². The van der Waals surface area contributed by atoms with Crippen molar-refractivity contribution in [1.82, 2.24) is 14.5 Å². The van der Waals surface area contributed by atoms with Crippen LogP contribution in [0.1, 0.15) is 37.7 Å². The molecule has 0 aromatic heterocycles. The normalized spacial score (nSPS) is 21.3. The van der Waals surface area contributed by atoms with Crippen LogP contribution in [0.3, 0.4) is 0 Å². The summed E-state index contributed by atoms with van der Waals surface area (Å²) in [5.74, 6) is 0.397. The molecule has 1 heterocycles. The number of likely N-dealkylation sites (N-methyl/N-ethyl adjacent to an activating group) is 1. The fraction of sp³-hybridized carbons (Fsp3) is 0.632. The quantitative estimate of drug-likeness (QED) is 0.582. The highest BCUT2D eigenvalue weighted by Gasteiger charge is 2.29. The molecule has 7 nitrogen and oxygen atoms in total. The minimum atomic E-state index is -3.52. The Hall–Kier alpha value is -1.64. The molecule has 2 fully saturated rings. The topological polar surface area (TPSA) is 91.0 Å². The Bertz CT molecular complexity index is 751. The number of hydrogen-bond donors (Lipinski definition) is 2. The Balaban J connectivity index is 1.70. The van der Waals surface area contributed by atoms with E-state index in [1.165, 1.54) is 19.3 Å². The third-order valence-corrected chi connectivity index (χ3v) is 7.43. The van der Waals surface area contributed by atoms with Gasteiger partial charge in [0, 0.05) is 32.2 Å². The monoisotopic (exact) mass is 393 g/mol. The summed E-state index contributed by atoms with van der Waals surface area (Å²) < 4.78 is 27.7. The van der Waals surface area contributed by atoms with E-state index in [9.17, 15) is 8.42 Å². The van der Waals surface area contributed by atoms with Crippen LogP contribution in [0.4, 0.5) is 0 Å². The maximum Gasteiger partial charge on any atom is 0.243 e. The van der Waals surface area contributed by atoms with Crippen molar-refractivity contribution in [2.24, 2.45) is 10.7 Å². The fourth-order valence-corrected chi connectivity index (χ4v) is 5.36. The van der Waals surface area contributed by atoms with Gasteiger partial charge in [-0.3, -0.25) is 0 Å². The minimum absolute atomic E-state index is 0.259. The molecular weight excluding hydrogens is 362 g/mol. The lowest BCUT2D eigenvalue weighted by molar-refractivity contribution is 0.222. The van der Waals surface area contributed by atoms with Crippen LogP contribution >= 0.6 is 0 Å². The van der Waals surface area contributed by atoms with Crippen LogP contribution in [0.5, 0.6) is 0 Å². The van der Waals surface area contributed by atoms with Gasteiger partial charge in [0.05, 0.1) is 11.4 Å². The van der Waals surface area contributed by atoms with Gasteiger partial charge in [-0.05, 0) is 31.5 Å². The molecule has 1 aliphatic carbocycles. The number of nitrogens with two attached hydrogens (primary N) is 1. The molecule has 0 atom stereocenters. The summed E-state index contributed by atoms with van der Waals surface area (Å²) in [4.78, 5) is 6.89. The Labute approximate surface area is 162 Å².